The third-order valence-electron chi connectivity index (χ3n) is 8.43. The average molecular weight is 546 g/mol. The highest BCUT2D eigenvalue weighted by Crippen LogP contribution is 2.27. The van der Waals surface area contributed by atoms with Crippen LogP contribution >= 0.6 is 0 Å². The summed E-state index contributed by atoms with van der Waals surface area (Å²) in [5.74, 6) is 0. The minimum atomic E-state index is 1.11. The third kappa shape index (κ3) is 8.22. The number of benzene rings is 2. The Labute approximate surface area is 246 Å². The van der Waals surface area contributed by atoms with Gasteiger partial charge in [-0.05, 0) is 48.1 Å². The van der Waals surface area contributed by atoms with Crippen LogP contribution in [0, 0.1) is 0 Å². The summed E-state index contributed by atoms with van der Waals surface area (Å²) < 4.78 is 4.62. The quantitative estimate of drug-likeness (QED) is 0.0688. The number of rotatable bonds is 16. The van der Waals surface area contributed by atoms with E-state index in [1.807, 2.05) is 0 Å². The second kappa shape index (κ2) is 15.4. The fraction of sp³-hybridized carbons (Fsp3) is 0.395. The molecule has 0 amide bonds. The van der Waals surface area contributed by atoms with Crippen LogP contribution in [0.2, 0.25) is 0 Å². The molecule has 212 valence electrons. The lowest BCUT2D eigenvalue weighted by atomic mass is 9.97. The fourth-order valence-electron chi connectivity index (χ4n) is 5.97. The Morgan fingerprint density at radius 3 is 1.44 bits per heavy atom. The molecule has 0 aliphatic carbocycles. The molecule has 0 atom stereocenters. The van der Waals surface area contributed by atoms with Gasteiger partial charge >= 0.3 is 0 Å². The highest BCUT2D eigenvalue weighted by molar-refractivity contribution is 5.97. The van der Waals surface area contributed by atoms with E-state index in [-0.39, 0.29) is 0 Å². The van der Waals surface area contributed by atoms with Crippen LogP contribution in [0.15, 0.2) is 97.6 Å². The molecule has 0 spiro atoms. The molecule has 0 radical (unpaired) electrons. The van der Waals surface area contributed by atoms with E-state index in [0.29, 0.717) is 0 Å². The maximum Gasteiger partial charge on any atom is 0.169 e. The van der Waals surface area contributed by atoms with Gasteiger partial charge < -0.3 is 0 Å². The maximum absolute atomic E-state index is 4.88. The SMILES string of the molecule is CCCC[n+]1ccc(-c2cc[n+](CCCCCCCCCCCc3c4ccccc4nc4ccccc34)cc2)cc1. The molecule has 0 saturated heterocycles. The Morgan fingerprint density at radius 2 is 0.927 bits per heavy atom. The molecule has 2 aromatic carbocycles. The molecule has 0 bridgehead atoms. The highest BCUT2D eigenvalue weighted by atomic mass is 14.9. The molecule has 0 aliphatic rings. The van der Waals surface area contributed by atoms with Gasteiger partial charge in [-0.1, -0.05) is 88.3 Å². The first kappa shape index (κ1) is 28.9. The lowest BCUT2D eigenvalue weighted by molar-refractivity contribution is -0.697. The predicted molar refractivity (Wildman–Crippen MR) is 172 cm³/mol. The Bertz CT molecular complexity index is 1430. The second-order valence-corrected chi connectivity index (χ2v) is 11.6. The molecule has 3 heteroatoms. The van der Waals surface area contributed by atoms with Crippen LogP contribution in [0.3, 0.4) is 0 Å². The summed E-state index contributed by atoms with van der Waals surface area (Å²) in [6.45, 7) is 4.46. The largest absolute Gasteiger partial charge is 0.248 e. The topological polar surface area (TPSA) is 20.6 Å². The van der Waals surface area contributed by atoms with E-state index in [1.165, 1.54) is 98.1 Å². The van der Waals surface area contributed by atoms with E-state index in [1.54, 1.807) is 0 Å². The molecule has 0 aliphatic heterocycles. The number of hydrogen-bond donors (Lipinski definition) is 0. The summed E-state index contributed by atoms with van der Waals surface area (Å²) in [6.07, 6.45) is 24.5. The van der Waals surface area contributed by atoms with Crippen molar-refractivity contribution in [2.45, 2.75) is 97.1 Å². The van der Waals surface area contributed by atoms with Crippen molar-refractivity contribution in [2.75, 3.05) is 0 Å². The zero-order valence-electron chi connectivity index (χ0n) is 25.0. The first-order valence-electron chi connectivity index (χ1n) is 16.1. The molecule has 3 aromatic heterocycles. The number of aryl methyl sites for hydroxylation is 3. The fourth-order valence-corrected chi connectivity index (χ4v) is 5.97. The first-order valence-corrected chi connectivity index (χ1v) is 16.1. The third-order valence-corrected chi connectivity index (χ3v) is 8.43. The number of pyridine rings is 3. The second-order valence-electron chi connectivity index (χ2n) is 11.6. The predicted octanol–water partition coefficient (Wildman–Crippen LogP) is 9.18. The molecule has 5 rings (SSSR count). The van der Waals surface area contributed by atoms with Crippen LogP contribution in [0.1, 0.15) is 83.1 Å². The lowest BCUT2D eigenvalue weighted by Crippen LogP contribution is -2.32. The zero-order valence-corrected chi connectivity index (χ0v) is 25.0. The van der Waals surface area contributed by atoms with Crippen LogP contribution in [-0.2, 0) is 19.5 Å². The molecule has 41 heavy (non-hydrogen) atoms. The van der Waals surface area contributed by atoms with Crippen LogP contribution in [0.4, 0.5) is 0 Å². The highest BCUT2D eigenvalue weighted by Gasteiger charge is 2.09. The van der Waals surface area contributed by atoms with Crippen molar-refractivity contribution >= 4 is 21.8 Å². The smallest absolute Gasteiger partial charge is 0.169 e. The minimum Gasteiger partial charge on any atom is -0.248 e. The maximum atomic E-state index is 4.88. The van der Waals surface area contributed by atoms with Crippen LogP contribution in [0.25, 0.3) is 32.9 Å². The Kier molecular flexibility index (Phi) is 10.9. The number of nitrogens with zero attached hydrogens (tertiary/aromatic N) is 3. The van der Waals surface area contributed by atoms with E-state index in [9.17, 15) is 0 Å². The van der Waals surface area contributed by atoms with Gasteiger partial charge in [0.05, 0.1) is 11.0 Å². The summed E-state index contributed by atoms with van der Waals surface area (Å²) in [5, 5.41) is 2.65. The van der Waals surface area contributed by atoms with Gasteiger partial charge in [0.1, 0.15) is 13.1 Å². The molecule has 0 unspecified atom stereocenters. The summed E-state index contributed by atoms with van der Waals surface area (Å²) in [4.78, 5) is 4.88. The van der Waals surface area contributed by atoms with Gasteiger partial charge in [0.15, 0.2) is 24.8 Å². The molecule has 5 aromatic rings. The van der Waals surface area contributed by atoms with Crippen LogP contribution in [0.5, 0.6) is 0 Å². The van der Waals surface area contributed by atoms with Gasteiger partial charge in [-0.15, -0.1) is 0 Å². The monoisotopic (exact) mass is 545 g/mol. The molecule has 0 saturated carbocycles. The van der Waals surface area contributed by atoms with Crippen molar-refractivity contribution in [1.29, 1.82) is 0 Å². The minimum absolute atomic E-state index is 1.11. The van der Waals surface area contributed by atoms with Crippen molar-refractivity contribution in [3.05, 3.63) is 103 Å². The van der Waals surface area contributed by atoms with Gasteiger partial charge in [-0.3, -0.25) is 0 Å². The number of unbranched alkanes of at least 4 members (excludes halogenated alkanes) is 9. The van der Waals surface area contributed by atoms with E-state index < -0.39 is 0 Å². The summed E-state index contributed by atoms with van der Waals surface area (Å²) >= 11 is 0. The van der Waals surface area contributed by atoms with E-state index in [2.05, 4.69) is 114 Å². The van der Waals surface area contributed by atoms with E-state index >= 15 is 0 Å². The van der Waals surface area contributed by atoms with Gasteiger partial charge in [-0.25, -0.2) is 14.1 Å². The Morgan fingerprint density at radius 1 is 0.488 bits per heavy atom. The Balaban J connectivity index is 0.943. The Hall–Kier alpha value is -3.59. The van der Waals surface area contributed by atoms with Crippen molar-refractivity contribution < 1.29 is 9.13 Å². The van der Waals surface area contributed by atoms with Crippen molar-refractivity contribution in [1.82, 2.24) is 4.98 Å². The van der Waals surface area contributed by atoms with Gasteiger partial charge in [0.25, 0.3) is 0 Å². The number of hydrogen-bond acceptors (Lipinski definition) is 1. The van der Waals surface area contributed by atoms with Crippen molar-refractivity contribution in [2.24, 2.45) is 0 Å². The number of aromatic nitrogens is 3. The lowest BCUT2D eigenvalue weighted by Gasteiger charge is -2.11. The molecule has 0 fully saturated rings. The van der Waals surface area contributed by atoms with Gasteiger partial charge in [-0.2, -0.15) is 0 Å². The van der Waals surface area contributed by atoms with Gasteiger partial charge in [0, 0.05) is 47.9 Å². The molecule has 3 nitrogen and oxygen atoms in total. The molecular weight excluding hydrogens is 498 g/mol. The zero-order chi connectivity index (χ0) is 28.1. The van der Waals surface area contributed by atoms with E-state index in [4.69, 9.17) is 4.98 Å². The molecule has 3 heterocycles. The first-order chi connectivity index (χ1) is 20.3. The van der Waals surface area contributed by atoms with Crippen molar-refractivity contribution in [3.8, 4) is 11.1 Å². The normalized spacial score (nSPS) is 11.4. The molecule has 0 N–H and O–H groups in total. The summed E-state index contributed by atoms with van der Waals surface area (Å²) in [6, 6.07) is 26.2. The van der Waals surface area contributed by atoms with Crippen LogP contribution in [-0.4, -0.2) is 4.98 Å². The summed E-state index contributed by atoms with van der Waals surface area (Å²) in [5.41, 5.74) is 6.32. The number of fused-ring (bicyclic) bond motifs is 2. The van der Waals surface area contributed by atoms with Gasteiger partial charge in [0.2, 0.25) is 0 Å². The van der Waals surface area contributed by atoms with E-state index in [0.717, 1.165) is 30.5 Å². The number of para-hydroxylation sites is 2. The van der Waals surface area contributed by atoms with Crippen LogP contribution < -0.4 is 9.13 Å². The summed E-state index contributed by atoms with van der Waals surface area (Å²) in [7, 11) is 0. The average Bonchev–Trinajstić information content (AvgIpc) is 3.02. The standard InChI is InChI=1S/C38H47N3/c1-2-3-26-40-28-22-32(23-29-40)33-24-30-41(31-25-33)27-16-10-8-6-4-5-7-9-11-17-34-35-18-12-14-20-37(35)39-38-21-15-13-19-36(34)38/h12-15,18-25,28-31H,2-11,16-17,26-27H2,1H3/q+2. The van der Waals surface area contributed by atoms with Crippen molar-refractivity contribution in [3.63, 3.8) is 0 Å². The molecular formula is C38H47N3+2.